The number of nitrogens with one attached hydrogen (secondary N) is 2. The van der Waals surface area contributed by atoms with Crippen molar-refractivity contribution in [2.75, 3.05) is 11.9 Å². The van der Waals surface area contributed by atoms with Gasteiger partial charge in [0.25, 0.3) is 5.91 Å². The average Bonchev–Trinajstić information content (AvgIpc) is 2.61. The molecule has 1 aliphatic rings. The van der Waals surface area contributed by atoms with Crippen LogP contribution in [0.3, 0.4) is 0 Å². The van der Waals surface area contributed by atoms with E-state index in [0.29, 0.717) is 24.2 Å². The number of rotatable bonds is 3. The second-order valence-corrected chi connectivity index (χ2v) is 5.56. The lowest BCUT2D eigenvalue weighted by atomic mass is 9.98. The smallest absolute Gasteiger partial charge is 0.253 e. The zero-order valence-corrected chi connectivity index (χ0v) is 12.5. The van der Waals surface area contributed by atoms with Gasteiger partial charge in [-0.25, -0.2) is 4.85 Å². The van der Waals surface area contributed by atoms with Gasteiger partial charge in [-0.3, -0.25) is 4.79 Å². The minimum atomic E-state index is -1.17. The first-order valence-corrected chi connectivity index (χ1v) is 7.45. The van der Waals surface area contributed by atoms with Crippen LogP contribution in [0.25, 0.3) is 4.85 Å². The molecule has 5 heteroatoms. The summed E-state index contributed by atoms with van der Waals surface area (Å²) in [5.41, 5.74) is 3.15. The molecule has 3 rings (SSSR count). The van der Waals surface area contributed by atoms with E-state index in [2.05, 4.69) is 15.5 Å². The zero-order valence-electron chi connectivity index (χ0n) is 12.5. The van der Waals surface area contributed by atoms with E-state index in [0.717, 1.165) is 11.3 Å². The standard InChI is InChI=1S/C18H17N3O2/c1-19-14-7-8-16-13(9-14)10-15(11-20-16)21-18(23)17(22)12-5-3-2-4-6-12/h2-9,15,17,20,22H,10-11H2,(H,21,23)/t15-,17-/m0/s1. The summed E-state index contributed by atoms with van der Waals surface area (Å²) >= 11 is 0. The summed E-state index contributed by atoms with van der Waals surface area (Å²) in [6, 6.07) is 14.2. The molecule has 2 aromatic rings. The fraction of sp³-hybridized carbons (Fsp3) is 0.222. The van der Waals surface area contributed by atoms with Crippen molar-refractivity contribution in [3.63, 3.8) is 0 Å². The molecule has 5 nitrogen and oxygen atoms in total. The molecule has 1 aliphatic heterocycles. The average molecular weight is 307 g/mol. The van der Waals surface area contributed by atoms with Crippen molar-refractivity contribution in [2.24, 2.45) is 0 Å². The van der Waals surface area contributed by atoms with E-state index in [1.165, 1.54) is 0 Å². The van der Waals surface area contributed by atoms with Gasteiger partial charge >= 0.3 is 0 Å². The third kappa shape index (κ3) is 3.33. The first-order chi connectivity index (χ1) is 11.2. The number of aliphatic hydroxyl groups is 1. The Labute approximate surface area is 134 Å². The van der Waals surface area contributed by atoms with Crippen LogP contribution in [0.1, 0.15) is 17.2 Å². The Morgan fingerprint density at radius 2 is 2.09 bits per heavy atom. The molecule has 0 saturated heterocycles. The van der Waals surface area contributed by atoms with E-state index in [1.807, 2.05) is 18.2 Å². The van der Waals surface area contributed by atoms with Crippen LogP contribution in [0.4, 0.5) is 11.4 Å². The number of carbonyl (C=O) groups is 1. The monoisotopic (exact) mass is 307 g/mol. The van der Waals surface area contributed by atoms with Gasteiger partial charge in [0.05, 0.1) is 12.6 Å². The Morgan fingerprint density at radius 1 is 1.30 bits per heavy atom. The highest BCUT2D eigenvalue weighted by molar-refractivity contribution is 5.82. The quantitative estimate of drug-likeness (QED) is 0.763. The third-order valence-electron chi connectivity index (χ3n) is 3.93. The van der Waals surface area contributed by atoms with Crippen molar-refractivity contribution in [1.82, 2.24) is 5.32 Å². The Kier molecular flexibility index (Phi) is 4.26. The summed E-state index contributed by atoms with van der Waals surface area (Å²) in [5.74, 6) is -0.409. The molecule has 0 aliphatic carbocycles. The van der Waals surface area contributed by atoms with Gasteiger partial charge in [-0.05, 0) is 23.6 Å². The maximum atomic E-state index is 12.2. The molecule has 0 bridgehead atoms. The largest absolute Gasteiger partial charge is 0.383 e. The normalized spacial score (nSPS) is 17.3. The van der Waals surface area contributed by atoms with Crippen molar-refractivity contribution >= 4 is 17.3 Å². The van der Waals surface area contributed by atoms with Gasteiger partial charge in [-0.15, -0.1) is 0 Å². The van der Waals surface area contributed by atoms with Crippen LogP contribution in [0, 0.1) is 6.57 Å². The van der Waals surface area contributed by atoms with Crippen molar-refractivity contribution in [3.05, 3.63) is 71.1 Å². The molecule has 1 heterocycles. The third-order valence-corrected chi connectivity index (χ3v) is 3.93. The molecule has 0 unspecified atom stereocenters. The number of amides is 1. The van der Waals surface area contributed by atoms with E-state index in [9.17, 15) is 9.90 Å². The van der Waals surface area contributed by atoms with E-state index in [1.54, 1.807) is 30.3 Å². The van der Waals surface area contributed by atoms with E-state index >= 15 is 0 Å². The van der Waals surface area contributed by atoms with Crippen LogP contribution in [0.5, 0.6) is 0 Å². The number of carbonyl (C=O) groups excluding carboxylic acids is 1. The second-order valence-electron chi connectivity index (χ2n) is 5.56. The predicted octanol–water partition coefficient (Wildman–Crippen LogP) is 2.42. The maximum Gasteiger partial charge on any atom is 0.253 e. The lowest BCUT2D eigenvalue weighted by Crippen LogP contribution is -2.45. The highest BCUT2D eigenvalue weighted by Gasteiger charge is 2.24. The van der Waals surface area contributed by atoms with Crippen LogP contribution in [-0.2, 0) is 11.2 Å². The van der Waals surface area contributed by atoms with Crippen molar-refractivity contribution in [3.8, 4) is 0 Å². The number of fused-ring (bicyclic) bond motifs is 1. The van der Waals surface area contributed by atoms with Crippen LogP contribution >= 0.6 is 0 Å². The SMILES string of the molecule is [C-]#[N+]c1ccc2c(c1)C[C@H](NC(=O)[C@@H](O)c1ccccc1)CN2. The first-order valence-electron chi connectivity index (χ1n) is 7.45. The summed E-state index contributed by atoms with van der Waals surface area (Å²) in [7, 11) is 0. The number of hydrogen-bond acceptors (Lipinski definition) is 3. The minimum Gasteiger partial charge on any atom is -0.383 e. The van der Waals surface area contributed by atoms with Gasteiger partial charge in [0.2, 0.25) is 0 Å². The Balaban J connectivity index is 1.67. The number of anilines is 1. The van der Waals surface area contributed by atoms with Gasteiger partial charge in [-0.2, -0.15) is 0 Å². The fourth-order valence-electron chi connectivity index (χ4n) is 2.73. The molecule has 23 heavy (non-hydrogen) atoms. The summed E-state index contributed by atoms with van der Waals surface area (Å²) in [6.45, 7) is 7.67. The first kappa shape index (κ1) is 15.1. The molecule has 0 saturated carbocycles. The van der Waals surface area contributed by atoms with Crippen LogP contribution in [0.2, 0.25) is 0 Å². The summed E-state index contributed by atoms with van der Waals surface area (Å²) in [6.07, 6.45) is -0.536. The van der Waals surface area contributed by atoms with Gasteiger partial charge in [0, 0.05) is 12.2 Å². The highest BCUT2D eigenvalue weighted by Crippen LogP contribution is 2.27. The lowest BCUT2D eigenvalue weighted by molar-refractivity contribution is -0.130. The Morgan fingerprint density at radius 3 is 2.83 bits per heavy atom. The number of aliphatic hydroxyl groups excluding tert-OH is 1. The number of nitrogens with zero attached hydrogens (tertiary/aromatic N) is 1. The minimum absolute atomic E-state index is 0.116. The van der Waals surface area contributed by atoms with Crippen LogP contribution < -0.4 is 10.6 Å². The molecule has 0 spiro atoms. The van der Waals surface area contributed by atoms with E-state index < -0.39 is 12.0 Å². The highest BCUT2D eigenvalue weighted by atomic mass is 16.3. The Bertz CT molecular complexity index is 753. The van der Waals surface area contributed by atoms with E-state index in [-0.39, 0.29) is 6.04 Å². The summed E-state index contributed by atoms with van der Waals surface area (Å²) in [5, 5.41) is 16.2. The van der Waals surface area contributed by atoms with Crippen LogP contribution in [0.15, 0.2) is 48.5 Å². The van der Waals surface area contributed by atoms with Crippen molar-refractivity contribution in [1.29, 1.82) is 0 Å². The van der Waals surface area contributed by atoms with Gasteiger partial charge in [0.1, 0.15) is 0 Å². The van der Waals surface area contributed by atoms with Gasteiger partial charge in [-0.1, -0.05) is 42.5 Å². The summed E-state index contributed by atoms with van der Waals surface area (Å²) in [4.78, 5) is 15.6. The molecule has 0 aromatic heterocycles. The molecule has 2 aromatic carbocycles. The second kappa shape index (κ2) is 6.51. The topological polar surface area (TPSA) is 65.7 Å². The molecule has 0 radical (unpaired) electrons. The zero-order chi connectivity index (χ0) is 16.2. The summed E-state index contributed by atoms with van der Waals surface area (Å²) < 4.78 is 0. The maximum absolute atomic E-state index is 12.2. The number of hydrogen-bond donors (Lipinski definition) is 3. The fourth-order valence-corrected chi connectivity index (χ4v) is 2.73. The molecule has 116 valence electrons. The molecule has 3 N–H and O–H groups in total. The molecule has 2 atom stereocenters. The molecular formula is C18H17N3O2. The lowest BCUT2D eigenvalue weighted by Gasteiger charge is -2.28. The molecule has 1 amide bonds. The molecule has 0 fully saturated rings. The Hall–Kier alpha value is -2.84. The predicted molar refractivity (Wildman–Crippen MR) is 88.2 cm³/mol. The van der Waals surface area contributed by atoms with Crippen molar-refractivity contribution < 1.29 is 9.90 Å². The number of benzene rings is 2. The van der Waals surface area contributed by atoms with Crippen molar-refractivity contribution in [2.45, 2.75) is 18.6 Å². The van der Waals surface area contributed by atoms with Gasteiger partial charge < -0.3 is 15.7 Å². The van der Waals surface area contributed by atoms with Gasteiger partial charge in [0.15, 0.2) is 11.8 Å². The van der Waals surface area contributed by atoms with E-state index in [4.69, 9.17) is 6.57 Å². The van der Waals surface area contributed by atoms with Crippen LogP contribution in [-0.4, -0.2) is 23.6 Å². The molecular weight excluding hydrogens is 290 g/mol.